The summed E-state index contributed by atoms with van der Waals surface area (Å²) in [6.07, 6.45) is 4.36. The average Bonchev–Trinajstić information content (AvgIpc) is 3.35. The number of anilines is 1. The Bertz CT molecular complexity index is 701. The summed E-state index contributed by atoms with van der Waals surface area (Å²) in [5, 5.41) is 3.22. The molecule has 4 rings (SSSR count). The van der Waals surface area contributed by atoms with Gasteiger partial charge in [0.25, 0.3) is 5.91 Å². The zero-order valence-electron chi connectivity index (χ0n) is 14.3. The van der Waals surface area contributed by atoms with Crippen LogP contribution in [0.5, 0.6) is 0 Å². The van der Waals surface area contributed by atoms with Gasteiger partial charge in [0.2, 0.25) is 0 Å². The van der Waals surface area contributed by atoms with Crippen molar-refractivity contribution in [3.8, 4) is 0 Å². The molecule has 2 aliphatic rings. The zero-order valence-corrected chi connectivity index (χ0v) is 15.1. The van der Waals surface area contributed by atoms with Crippen LogP contribution in [0, 0.1) is 0 Å². The molecule has 5 heteroatoms. The number of hydrogen-bond acceptors (Lipinski definition) is 4. The van der Waals surface area contributed by atoms with Crippen LogP contribution >= 0.6 is 11.3 Å². The maximum absolute atomic E-state index is 12.5. The van der Waals surface area contributed by atoms with Crippen LogP contribution in [0.2, 0.25) is 0 Å². The number of piperidine rings is 1. The van der Waals surface area contributed by atoms with E-state index in [0.717, 1.165) is 50.3 Å². The first kappa shape index (κ1) is 16.6. The topological polar surface area (TPSA) is 41.6 Å². The van der Waals surface area contributed by atoms with Crippen molar-refractivity contribution in [2.24, 2.45) is 0 Å². The first-order valence-corrected chi connectivity index (χ1v) is 9.93. The number of carbonyl (C=O) groups excluding carboxylic acids is 1. The van der Waals surface area contributed by atoms with Crippen LogP contribution in [0.4, 0.5) is 5.69 Å². The highest BCUT2D eigenvalue weighted by Gasteiger charge is 2.24. The molecule has 2 aliphatic heterocycles. The van der Waals surface area contributed by atoms with Crippen LogP contribution in [-0.2, 0) is 4.74 Å². The fourth-order valence-corrected chi connectivity index (χ4v) is 4.62. The zero-order chi connectivity index (χ0) is 17.1. The van der Waals surface area contributed by atoms with Crippen LogP contribution in [0.25, 0.3) is 0 Å². The molecule has 1 aromatic carbocycles. The number of rotatable bonds is 4. The molecule has 2 saturated heterocycles. The summed E-state index contributed by atoms with van der Waals surface area (Å²) in [5.74, 6) is 0.0624. The smallest absolute Gasteiger partial charge is 0.261 e. The summed E-state index contributed by atoms with van der Waals surface area (Å²) in [6.45, 7) is 2.81. The van der Waals surface area contributed by atoms with E-state index in [9.17, 15) is 4.79 Å². The first-order valence-electron chi connectivity index (χ1n) is 9.12. The van der Waals surface area contributed by atoms with Crippen molar-refractivity contribution in [3.05, 3.63) is 52.2 Å². The van der Waals surface area contributed by atoms with E-state index in [2.05, 4.69) is 34.5 Å². The molecule has 1 atom stereocenters. The maximum Gasteiger partial charge on any atom is 0.261 e. The molecule has 2 aromatic rings. The van der Waals surface area contributed by atoms with Gasteiger partial charge in [-0.1, -0.05) is 18.2 Å². The maximum atomic E-state index is 12.5. The fraction of sp³-hybridized carbons (Fsp3) is 0.450. The second kappa shape index (κ2) is 7.58. The Morgan fingerprint density at radius 3 is 2.60 bits per heavy atom. The Kier molecular flexibility index (Phi) is 5.04. The number of benzene rings is 1. The molecule has 1 unspecified atom stereocenters. The Labute approximate surface area is 152 Å². The molecule has 2 fully saturated rings. The fourth-order valence-electron chi connectivity index (χ4n) is 3.63. The number of ether oxygens (including phenoxy) is 1. The van der Waals surface area contributed by atoms with E-state index in [1.54, 1.807) is 11.3 Å². The van der Waals surface area contributed by atoms with E-state index in [1.165, 1.54) is 10.6 Å². The minimum atomic E-state index is 0.0624. The van der Waals surface area contributed by atoms with Gasteiger partial charge in [0.15, 0.2) is 0 Å². The van der Waals surface area contributed by atoms with Gasteiger partial charge < -0.3 is 15.0 Å². The van der Waals surface area contributed by atoms with Crippen molar-refractivity contribution in [3.63, 3.8) is 0 Å². The van der Waals surface area contributed by atoms with E-state index in [1.807, 2.05) is 18.2 Å². The molecule has 0 radical (unpaired) electrons. The minimum absolute atomic E-state index is 0.0624. The molecule has 132 valence electrons. The van der Waals surface area contributed by atoms with Gasteiger partial charge in [0.1, 0.15) is 0 Å². The van der Waals surface area contributed by atoms with E-state index >= 15 is 0 Å². The van der Waals surface area contributed by atoms with E-state index < -0.39 is 0 Å². The lowest BCUT2D eigenvalue weighted by molar-refractivity contribution is 0.0935. The number of hydrogen-bond donors (Lipinski definition) is 1. The van der Waals surface area contributed by atoms with Crippen LogP contribution in [0.15, 0.2) is 42.5 Å². The van der Waals surface area contributed by atoms with Gasteiger partial charge >= 0.3 is 0 Å². The molecule has 1 N–H and O–H groups in total. The number of amides is 1. The third-order valence-corrected chi connectivity index (χ3v) is 6.23. The normalized spacial score (nSPS) is 21.4. The lowest BCUT2D eigenvalue weighted by atomic mass is 10.0. The SMILES string of the molecule is O=C(NC1CCN(c2ccccc2)CC1)c1ccc(C2CCCO2)s1. The summed E-state index contributed by atoms with van der Waals surface area (Å²) in [7, 11) is 0. The number of para-hydroxylation sites is 1. The number of nitrogens with one attached hydrogen (secondary N) is 1. The van der Waals surface area contributed by atoms with Gasteiger partial charge in [-0.25, -0.2) is 0 Å². The molecule has 3 heterocycles. The van der Waals surface area contributed by atoms with Gasteiger partial charge in [0.05, 0.1) is 11.0 Å². The highest BCUT2D eigenvalue weighted by Crippen LogP contribution is 2.33. The van der Waals surface area contributed by atoms with Crippen molar-refractivity contribution < 1.29 is 9.53 Å². The number of nitrogens with zero attached hydrogens (tertiary/aromatic N) is 1. The quantitative estimate of drug-likeness (QED) is 0.900. The molecular formula is C20H24N2O2S. The largest absolute Gasteiger partial charge is 0.373 e. The highest BCUT2D eigenvalue weighted by atomic mass is 32.1. The molecular weight excluding hydrogens is 332 g/mol. The second-order valence-corrected chi connectivity index (χ2v) is 7.89. The second-order valence-electron chi connectivity index (χ2n) is 6.77. The Balaban J connectivity index is 1.30. The third kappa shape index (κ3) is 3.88. The van der Waals surface area contributed by atoms with Gasteiger partial charge in [-0.05, 0) is 49.9 Å². The summed E-state index contributed by atoms with van der Waals surface area (Å²) < 4.78 is 5.71. The molecule has 0 bridgehead atoms. The summed E-state index contributed by atoms with van der Waals surface area (Å²) >= 11 is 1.58. The molecule has 1 amide bonds. The molecule has 0 aliphatic carbocycles. The summed E-state index contributed by atoms with van der Waals surface area (Å²) in [5.41, 5.74) is 1.27. The number of carbonyl (C=O) groups is 1. The number of thiophene rings is 1. The first-order chi connectivity index (χ1) is 12.3. The van der Waals surface area contributed by atoms with Gasteiger partial charge in [0, 0.05) is 36.3 Å². The van der Waals surface area contributed by atoms with Crippen LogP contribution in [0.1, 0.15) is 46.3 Å². The molecule has 4 nitrogen and oxygen atoms in total. The van der Waals surface area contributed by atoms with E-state index in [-0.39, 0.29) is 18.1 Å². The van der Waals surface area contributed by atoms with Crippen molar-refractivity contribution in [2.45, 2.75) is 37.8 Å². The van der Waals surface area contributed by atoms with Gasteiger partial charge in [-0.2, -0.15) is 0 Å². The standard InChI is InChI=1S/C20H24N2O2S/c23-20(19-9-8-18(25-19)17-7-4-14-24-17)21-15-10-12-22(13-11-15)16-5-2-1-3-6-16/h1-3,5-6,8-9,15,17H,4,7,10-14H2,(H,21,23). The van der Waals surface area contributed by atoms with Gasteiger partial charge in [-0.3, -0.25) is 4.79 Å². The van der Waals surface area contributed by atoms with Crippen LogP contribution in [0.3, 0.4) is 0 Å². The third-order valence-electron chi connectivity index (χ3n) is 5.05. The molecule has 25 heavy (non-hydrogen) atoms. The molecule has 0 spiro atoms. The lowest BCUT2D eigenvalue weighted by Crippen LogP contribution is -2.44. The monoisotopic (exact) mass is 356 g/mol. The van der Waals surface area contributed by atoms with Crippen molar-refractivity contribution in [1.29, 1.82) is 0 Å². The highest BCUT2D eigenvalue weighted by molar-refractivity contribution is 7.14. The Morgan fingerprint density at radius 1 is 1.08 bits per heavy atom. The molecule has 1 aromatic heterocycles. The van der Waals surface area contributed by atoms with Crippen molar-refractivity contribution in [1.82, 2.24) is 5.32 Å². The van der Waals surface area contributed by atoms with Crippen molar-refractivity contribution in [2.75, 3.05) is 24.6 Å². The van der Waals surface area contributed by atoms with E-state index in [4.69, 9.17) is 4.74 Å². The predicted molar refractivity (Wildman–Crippen MR) is 101 cm³/mol. The van der Waals surface area contributed by atoms with E-state index in [0.29, 0.717) is 0 Å². The Morgan fingerprint density at radius 2 is 1.88 bits per heavy atom. The van der Waals surface area contributed by atoms with Crippen LogP contribution < -0.4 is 10.2 Å². The molecule has 0 saturated carbocycles. The van der Waals surface area contributed by atoms with Crippen LogP contribution in [-0.4, -0.2) is 31.6 Å². The minimum Gasteiger partial charge on any atom is -0.373 e. The summed E-state index contributed by atoms with van der Waals surface area (Å²) in [6, 6.07) is 14.7. The summed E-state index contributed by atoms with van der Waals surface area (Å²) in [4.78, 5) is 16.9. The van der Waals surface area contributed by atoms with Gasteiger partial charge in [-0.15, -0.1) is 11.3 Å². The lowest BCUT2D eigenvalue weighted by Gasteiger charge is -2.33. The predicted octanol–water partition coefficient (Wildman–Crippen LogP) is 4.00. The van der Waals surface area contributed by atoms with Crippen molar-refractivity contribution >= 4 is 22.9 Å². The average molecular weight is 356 g/mol. The Hall–Kier alpha value is -1.85.